The molecule has 0 fully saturated rings. The van der Waals surface area contributed by atoms with Crippen molar-refractivity contribution in [2.45, 2.75) is 19.8 Å². The van der Waals surface area contributed by atoms with Gasteiger partial charge in [-0.3, -0.25) is 0 Å². The second-order valence-electron chi connectivity index (χ2n) is 3.88. The van der Waals surface area contributed by atoms with Crippen LogP contribution in [0.1, 0.15) is 24.5 Å². The maximum absolute atomic E-state index is 3.78. The Morgan fingerprint density at radius 2 is 1.88 bits per heavy atom. The lowest BCUT2D eigenvalue weighted by molar-refractivity contribution is 1.15. The van der Waals surface area contributed by atoms with Gasteiger partial charge in [0.05, 0.1) is 0 Å². The highest BCUT2D eigenvalue weighted by Crippen LogP contribution is 2.07. The molecule has 88 valence electrons. The Kier molecular flexibility index (Phi) is 5.81. The van der Waals surface area contributed by atoms with E-state index in [1.165, 1.54) is 11.1 Å². The second kappa shape index (κ2) is 7.45. The Balaban J connectivity index is 2.55. The molecule has 0 aromatic heterocycles. The van der Waals surface area contributed by atoms with Crippen LogP contribution in [0.25, 0.3) is 6.08 Å². The van der Waals surface area contributed by atoms with Gasteiger partial charge in [0.2, 0.25) is 0 Å². The second-order valence-corrected chi connectivity index (χ2v) is 3.88. The topological polar surface area (TPSA) is 0 Å². The van der Waals surface area contributed by atoms with Crippen molar-refractivity contribution in [3.05, 3.63) is 78.4 Å². The lowest BCUT2D eigenvalue weighted by atomic mass is 10.1. The molecule has 1 aromatic rings. The molecule has 0 saturated heterocycles. The number of allylic oxidation sites excluding steroid dienone is 5. The average Bonchev–Trinajstić information content (AvgIpc) is 2.40. The van der Waals surface area contributed by atoms with Gasteiger partial charge in [0.25, 0.3) is 0 Å². The SMILES string of the molecule is C=C/C(=C\C=C\Cc1ccc(C=C)cc1)CC. The van der Waals surface area contributed by atoms with Crippen molar-refractivity contribution in [1.82, 2.24) is 0 Å². The highest BCUT2D eigenvalue weighted by Gasteiger charge is 1.89. The molecule has 0 bridgehead atoms. The Bertz CT molecular complexity index is 416. The van der Waals surface area contributed by atoms with Crippen LogP contribution in [0, 0.1) is 0 Å². The molecule has 0 atom stereocenters. The van der Waals surface area contributed by atoms with Gasteiger partial charge in [-0.25, -0.2) is 0 Å². The van der Waals surface area contributed by atoms with Crippen LogP contribution in [0.2, 0.25) is 0 Å². The quantitative estimate of drug-likeness (QED) is 0.600. The summed E-state index contributed by atoms with van der Waals surface area (Å²) in [5, 5.41) is 0. The minimum absolute atomic E-state index is 0.960. The molecule has 0 amide bonds. The van der Waals surface area contributed by atoms with E-state index in [1.54, 1.807) is 0 Å². The summed E-state index contributed by atoms with van der Waals surface area (Å²) < 4.78 is 0. The highest BCUT2D eigenvalue weighted by atomic mass is 13.9. The van der Waals surface area contributed by atoms with E-state index in [9.17, 15) is 0 Å². The molecule has 0 spiro atoms. The molecule has 0 heterocycles. The third-order valence-corrected chi connectivity index (χ3v) is 2.69. The standard InChI is InChI=1S/C17H20/c1-4-15(5-2)9-7-8-10-17-13-11-16(6-3)12-14-17/h4,6-9,11-14H,1,3,5,10H2,2H3/b8-7+,15-9+. The molecular formula is C17H20. The fourth-order valence-electron chi connectivity index (χ4n) is 1.52. The van der Waals surface area contributed by atoms with Crippen molar-refractivity contribution in [2.75, 3.05) is 0 Å². The van der Waals surface area contributed by atoms with Gasteiger partial charge < -0.3 is 0 Å². The summed E-state index contributed by atoms with van der Waals surface area (Å²) in [5.74, 6) is 0. The Labute approximate surface area is 105 Å². The zero-order chi connectivity index (χ0) is 12.5. The zero-order valence-corrected chi connectivity index (χ0v) is 10.5. The smallest absolute Gasteiger partial charge is 0.00943 e. The monoisotopic (exact) mass is 224 g/mol. The normalized spacial score (nSPS) is 11.7. The molecule has 0 aliphatic heterocycles. The molecule has 0 N–H and O–H groups in total. The van der Waals surface area contributed by atoms with Gasteiger partial charge in [0.15, 0.2) is 0 Å². The Morgan fingerprint density at radius 1 is 1.18 bits per heavy atom. The molecule has 1 aromatic carbocycles. The third-order valence-electron chi connectivity index (χ3n) is 2.69. The summed E-state index contributed by atoms with van der Waals surface area (Å²) >= 11 is 0. The molecule has 0 nitrogen and oxygen atoms in total. The van der Waals surface area contributed by atoms with E-state index in [2.05, 4.69) is 62.6 Å². The average molecular weight is 224 g/mol. The van der Waals surface area contributed by atoms with Gasteiger partial charge in [0, 0.05) is 0 Å². The van der Waals surface area contributed by atoms with E-state index >= 15 is 0 Å². The first-order chi connectivity index (χ1) is 8.30. The van der Waals surface area contributed by atoms with E-state index in [1.807, 2.05) is 12.2 Å². The predicted molar refractivity (Wildman–Crippen MR) is 77.9 cm³/mol. The molecule has 0 aliphatic rings. The Hall–Kier alpha value is -1.82. The number of hydrogen-bond acceptors (Lipinski definition) is 0. The molecule has 0 aliphatic carbocycles. The molecule has 17 heavy (non-hydrogen) atoms. The van der Waals surface area contributed by atoms with Crippen LogP contribution in [0.3, 0.4) is 0 Å². The van der Waals surface area contributed by atoms with E-state index in [0.29, 0.717) is 0 Å². The number of benzene rings is 1. The fraction of sp³-hybridized carbons (Fsp3) is 0.176. The van der Waals surface area contributed by atoms with Crippen LogP contribution in [0.4, 0.5) is 0 Å². The van der Waals surface area contributed by atoms with Crippen molar-refractivity contribution in [1.29, 1.82) is 0 Å². The predicted octanol–water partition coefficient (Wildman–Crippen LogP) is 4.95. The number of hydrogen-bond donors (Lipinski definition) is 0. The minimum atomic E-state index is 0.960. The van der Waals surface area contributed by atoms with E-state index in [0.717, 1.165) is 18.4 Å². The lowest BCUT2D eigenvalue weighted by Gasteiger charge is -1.97. The summed E-state index contributed by atoms with van der Waals surface area (Å²) in [5.41, 5.74) is 3.75. The van der Waals surface area contributed by atoms with Crippen LogP contribution < -0.4 is 0 Å². The summed E-state index contributed by atoms with van der Waals surface area (Å²) in [6.07, 6.45) is 12.1. The van der Waals surface area contributed by atoms with Gasteiger partial charge in [0.1, 0.15) is 0 Å². The van der Waals surface area contributed by atoms with Gasteiger partial charge in [-0.1, -0.05) is 74.7 Å². The Morgan fingerprint density at radius 3 is 2.41 bits per heavy atom. The minimum Gasteiger partial charge on any atom is -0.0988 e. The fourth-order valence-corrected chi connectivity index (χ4v) is 1.52. The number of rotatable bonds is 6. The van der Waals surface area contributed by atoms with Gasteiger partial charge in [-0.05, 0) is 29.5 Å². The van der Waals surface area contributed by atoms with Gasteiger partial charge in [-0.15, -0.1) is 0 Å². The van der Waals surface area contributed by atoms with Crippen molar-refractivity contribution >= 4 is 6.08 Å². The lowest BCUT2D eigenvalue weighted by Crippen LogP contribution is -1.80. The molecule has 0 saturated carbocycles. The zero-order valence-electron chi connectivity index (χ0n) is 10.5. The third kappa shape index (κ3) is 4.69. The maximum atomic E-state index is 3.78. The van der Waals surface area contributed by atoms with Gasteiger partial charge in [-0.2, -0.15) is 0 Å². The van der Waals surface area contributed by atoms with Crippen LogP contribution in [-0.4, -0.2) is 0 Å². The summed E-state index contributed by atoms with van der Waals surface area (Å²) in [6, 6.07) is 8.46. The highest BCUT2D eigenvalue weighted by molar-refractivity contribution is 5.47. The molecule has 0 heteroatoms. The van der Waals surface area contributed by atoms with Crippen LogP contribution in [-0.2, 0) is 6.42 Å². The summed E-state index contributed by atoms with van der Waals surface area (Å²) in [4.78, 5) is 0. The van der Waals surface area contributed by atoms with Crippen molar-refractivity contribution in [3.63, 3.8) is 0 Å². The largest absolute Gasteiger partial charge is 0.0988 e. The molecule has 1 rings (SSSR count). The van der Waals surface area contributed by atoms with E-state index in [4.69, 9.17) is 0 Å². The van der Waals surface area contributed by atoms with Gasteiger partial charge >= 0.3 is 0 Å². The molecule has 0 unspecified atom stereocenters. The van der Waals surface area contributed by atoms with Crippen molar-refractivity contribution in [3.8, 4) is 0 Å². The first kappa shape index (κ1) is 13.2. The maximum Gasteiger partial charge on any atom is -0.00943 e. The van der Waals surface area contributed by atoms with Crippen LogP contribution in [0.15, 0.2) is 67.3 Å². The molecular weight excluding hydrogens is 204 g/mol. The summed E-state index contributed by atoms with van der Waals surface area (Å²) in [6.45, 7) is 9.65. The first-order valence-electron chi connectivity index (χ1n) is 5.99. The van der Waals surface area contributed by atoms with E-state index < -0.39 is 0 Å². The van der Waals surface area contributed by atoms with E-state index in [-0.39, 0.29) is 0 Å². The summed E-state index contributed by atoms with van der Waals surface area (Å²) in [7, 11) is 0. The van der Waals surface area contributed by atoms with Crippen molar-refractivity contribution < 1.29 is 0 Å². The molecule has 0 radical (unpaired) electrons. The first-order valence-corrected chi connectivity index (χ1v) is 5.99. The van der Waals surface area contributed by atoms with Crippen LogP contribution >= 0.6 is 0 Å². The van der Waals surface area contributed by atoms with Crippen molar-refractivity contribution in [2.24, 2.45) is 0 Å². The van der Waals surface area contributed by atoms with Crippen LogP contribution in [0.5, 0.6) is 0 Å².